The van der Waals surface area contributed by atoms with Crippen LogP contribution in [0.25, 0.3) is 0 Å². The van der Waals surface area contributed by atoms with Gasteiger partial charge in [-0.1, -0.05) is 25.5 Å². The lowest BCUT2D eigenvalue weighted by atomic mass is 10.2. The fourth-order valence-electron chi connectivity index (χ4n) is 1.63. The topological polar surface area (TPSA) is 72.2 Å². The maximum absolute atomic E-state index is 12.0. The van der Waals surface area contributed by atoms with E-state index < -0.39 is 10.0 Å². The van der Waals surface area contributed by atoms with Crippen molar-refractivity contribution in [2.24, 2.45) is 5.73 Å². The van der Waals surface area contributed by atoms with E-state index in [4.69, 9.17) is 5.73 Å². The fourth-order valence-corrected chi connectivity index (χ4v) is 2.91. The van der Waals surface area contributed by atoms with Crippen molar-refractivity contribution in [2.45, 2.75) is 44.2 Å². The normalized spacial score (nSPS) is 13.6. The maximum atomic E-state index is 12.0. The van der Waals surface area contributed by atoms with E-state index in [1.807, 2.05) is 13.8 Å². The molecule has 5 heteroatoms. The summed E-state index contributed by atoms with van der Waals surface area (Å²) in [6, 6.07) is 6.60. The van der Waals surface area contributed by atoms with Gasteiger partial charge in [-0.3, -0.25) is 0 Å². The fraction of sp³-hybridized carbons (Fsp3) is 0.500. The van der Waals surface area contributed by atoms with Crippen molar-refractivity contribution < 1.29 is 8.42 Å². The van der Waals surface area contributed by atoms with Gasteiger partial charge in [0, 0.05) is 12.6 Å². The van der Waals surface area contributed by atoms with Crippen LogP contribution in [-0.2, 0) is 16.6 Å². The van der Waals surface area contributed by atoms with E-state index in [9.17, 15) is 8.42 Å². The monoisotopic (exact) mass is 256 g/mol. The minimum Gasteiger partial charge on any atom is -0.326 e. The van der Waals surface area contributed by atoms with Crippen LogP contribution < -0.4 is 10.5 Å². The second-order valence-corrected chi connectivity index (χ2v) is 5.87. The quantitative estimate of drug-likeness (QED) is 0.812. The van der Waals surface area contributed by atoms with E-state index in [0.29, 0.717) is 6.54 Å². The minimum atomic E-state index is -3.40. The molecule has 0 radical (unpaired) electrons. The Labute approximate surface area is 103 Å². The summed E-state index contributed by atoms with van der Waals surface area (Å²) in [5, 5.41) is 0. The van der Waals surface area contributed by atoms with Crippen LogP contribution in [0.3, 0.4) is 0 Å². The first-order valence-electron chi connectivity index (χ1n) is 5.81. The maximum Gasteiger partial charge on any atom is 0.240 e. The molecule has 0 aliphatic carbocycles. The highest BCUT2D eigenvalue weighted by atomic mass is 32.2. The van der Waals surface area contributed by atoms with Gasteiger partial charge in [0.05, 0.1) is 4.90 Å². The minimum absolute atomic E-state index is 0.0424. The summed E-state index contributed by atoms with van der Waals surface area (Å²) in [6.45, 7) is 4.32. The van der Waals surface area contributed by atoms with Gasteiger partial charge in [-0.15, -0.1) is 0 Å². The molecule has 4 nitrogen and oxygen atoms in total. The Kier molecular flexibility index (Phi) is 5.11. The number of hydrogen-bond acceptors (Lipinski definition) is 3. The summed E-state index contributed by atoms with van der Waals surface area (Å²) in [4.78, 5) is 0.289. The third-order valence-corrected chi connectivity index (χ3v) is 4.15. The molecule has 0 bridgehead atoms. The van der Waals surface area contributed by atoms with Crippen molar-refractivity contribution >= 4 is 10.0 Å². The van der Waals surface area contributed by atoms with Crippen LogP contribution in [0, 0.1) is 0 Å². The summed E-state index contributed by atoms with van der Waals surface area (Å²) < 4.78 is 26.6. The number of sulfonamides is 1. The molecule has 96 valence electrons. The van der Waals surface area contributed by atoms with E-state index in [1.54, 1.807) is 24.3 Å². The summed E-state index contributed by atoms with van der Waals surface area (Å²) in [5.74, 6) is 0. The summed E-state index contributed by atoms with van der Waals surface area (Å²) in [7, 11) is -3.40. The van der Waals surface area contributed by atoms with Gasteiger partial charge in [0.1, 0.15) is 0 Å². The smallest absolute Gasteiger partial charge is 0.240 e. The van der Waals surface area contributed by atoms with Crippen molar-refractivity contribution in [1.82, 2.24) is 4.72 Å². The van der Waals surface area contributed by atoms with Crippen LogP contribution in [-0.4, -0.2) is 14.5 Å². The van der Waals surface area contributed by atoms with Gasteiger partial charge in [-0.05, 0) is 31.0 Å². The van der Waals surface area contributed by atoms with Crippen molar-refractivity contribution in [3.05, 3.63) is 29.8 Å². The third kappa shape index (κ3) is 4.11. The predicted octanol–water partition coefficient (Wildman–Crippen LogP) is 1.61. The zero-order chi connectivity index (χ0) is 12.9. The second kappa shape index (κ2) is 6.14. The van der Waals surface area contributed by atoms with Crippen LogP contribution in [0.1, 0.15) is 32.3 Å². The molecule has 17 heavy (non-hydrogen) atoms. The van der Waals surface area contributed by atoms with E-state index in [1.165, 1.54) is 0 Å². The first-order valence-corrected chi connectivity index (χ1v) is 7.29. The Balaban J connectivity index is 2.82. The Morgan fingerprint density at radius 3 is 2.35 bits per heavy atom. The molecule has 1 aromatic carbocycles. The highest BCUT2D eigenvalue weighted by Crippen LogP contribution is 2.11. The van der Waals surface area contributed by atoms with Crippen LogP contribution in [0.4, 0.5) is 0 Å². The standard InChI is InChI=1S/C12H20N2O2S/c1-3-4-10(2)14-17(15,16)12-7-5-11(9-13)6-8-12/h5-8,10,14H,3-4,9,13H2,1-2H3. The van der Waals surface area contributed by atoms with Gasteiger partial charge in [0.15, 0.2) is 0 Å². The average molecular weight is 256 g/mol. The Hall–Kier alpha value is -0.910. The lowest BCUT2D eigenvalue weighted by Gasteiger charge is -2.13. The molecular weight excluding hydrogens is 236 g/mol. The number of nitrogens with two attached hydrogens (primary N) is 1. The van der Waals surface area contributed by atoms with E-state index in [2.05, 4.69) is 4.72 Å². The van der Waals surface area contributed by atoms with Gasteiger partial charge in [-0.25, -0.2) is 13.1 Å². The molecule has 0 aliphatic heterocycles. The van der Waals surface area contributed by atoms with Crippen molar-refractivity contribution in [2.75, 3.05) is 0 Å². The van der Waals surface area contributed by atoms with Gasteiger partial charge >= 0.3 is 0 Å². The Morgan fingerprint density at radius 2 is 1.88 bits per heavy atom. The molecule has 1 unspecified atom stereocenters. The predicted molar refractivity (Wildman–Crippen MR) is 69.0 cm³/mol. The molecule has 0 heterocycles. The first-order chi connectivity index (χ1) is 7.99. The molecular formula is C12H20N2O2S. The van der Waals surface area contributed by atoms with Crippen LogP contribution in [0.5, 0.6) is 0 Å². The highest BCUT2D eigenvalue weighted by Gasteiger charge is 2.16. The van der Waals surface area contributed by atoms with E-state index in [-0.39, 0.29) is 10.9 Å². The molecule has 1 aromatic rings. The van der Waals surface area contributed by atoms with E-state index >= 15 is 0 Å². The molecule has 0 saturated heterocycles. The zero-order valence-corrected chi connectivity index (χ0v) is 11.1. The first kappa shape index (κ1) is 14.2. The molecule has 0 spiro atoms. The average Bonchev–Trinajstić information content (AvgIpc) is 2.28. The highest BCUT2D eigenvalue weighted by molar-refractivity contribution is 7.89. The molecule has 0 aromatic heterocycles. The van der Waals surface area contributed by atoms with E-state index in [0.717, 1.165) is 18.4 Å². The molecule has 0 amide bonds. The van der Waals surface area contributed by atoms with Gasteiger partial charge < -0.3 is 5.73 Å². The molecule has 0 saturated carbocycles. The Bertz CT molecular complexity index is 440. The lowest BCUT2D eigenvalue weighted by molar-refractivity contribution is 0.544. The molecule has 0 aliphatic rings. The SMILES string of the molecule is CCCC(C)NS(=O)(=O)c1ccc(CN)cc1. The van der Waals surface area contributed by atoms with Crippen molar-refractivity contribution in [1.29, 1.82) is 0 Å². The largest absolute Gasteiger partial charge is 0.326 e. The second-order valence-electron chi connectivity index (χ2n) is 4.16. The summed E-state index contributed by atoms with van der Waals surface area (Å²) in [5.41, 5.74) is 6.39. The number of nitrogens with one attached hydrogen (secondary N) is 1. The molecule has 3 N–H and O–H groups in total. The van der Waals surface area contributed by atoms with Crippen molar-refractivity contribution in [3.63, 3.8) is 0 Å². The summed E-state index contributed by atoms with van der Waals surface area (Å²) >= 11 is 0. The van der Waals surface area contributed by atoms with Crippen LogP contribution in [0.15, 0.2) is 29.2 Å². The number of rotatable bonds is 6. The molecule has 0 fully saturated rings. The van der Waals surface area contributed by atoms with Gasteiger partial charge in [-0.2, -0.15) is 0 Å². The van der Waals surface area contributed by atoms with Gasteiger partial charge in [0.25, 0.3) is 0 Å². The van der Waals surface area contributed by atoms with Crippen LogP contribution >= 0.6 is 0 Å². The third-order valence-electron chi connectivity index (χ3n) is 2.55. The Morgan fingerprint density at radius 1 is 1.29 bits per heavy atom. The molecule has 1 rings (SSSR count). The molecule has 1 atom stereocenters. The summed E-state index contributed by atoms with van der Waals surface area (Å²) in [6.07, 6.45) is 1.79. The van der Waals surface area contributed by atoms with Gasteiger partial charge in [0.2, 0.25) is 10.0 Å². The van der Waals surface area contributed by atoms with Crippen molar-refractivity contribution in [3.8, 4) is 0 Å². The lowest BCUT2D eigenvalue weighted by Crippen LogP contribution is -2.32. The zero-order valence-electron chi connectivity index (χ0n) is 10.3. The van der Waals surface area contributed by atoms with Crippen LogP contribution in [0.2, 0.25) is 0 Å². The number of benzene rings is 1. The number of hydrogen-bond donors (Lipinski definition) is 2.